The summed E-state index contributed by atoms with van der Waals surface area (Å²) < 4.78 is 1.79. The maximum Gasteiger partial charge on any atom is 0.278 e. The van der Waals surface area contributed by atoms with E-state index in [1.807, 2.05) is 13.8 Å². The Hall–Kier alpha value is -2.34. The van der Waals surface area contributed by atoms with Crippen LogP contribution in [0.15, 0.2) is 30.7 Å². The second-order valence-corrected chi connectivity index (χ2v) is 4.81. The van der Waals surface area contributed by atoms with E-state index in [9.17, 15) is 9.90 Å². The van der Waals surface area contributed by atoms with E-state index in [0.29, 0.717) is 31.0 Å². The maximum absolute atomic E-state index is 12.6. The number of carbonyl (C=O) groups excluding carboxylic acids is 1. The molecule has 21 heavy (non-hydrogen) atoms. The summed E-state index contributed by atoms with van der Waals surface area (Å²) >= 11 is 0. The summed E-state index contributed by atoms with van der Waals surface area (Å²) in [7, 11) is 0. The van der Waals surface area contributed by atoms with Gasteiger partial charge < -0.3 is 20.3 Å². The lowest BCUT2D eigenvalue weighted by molar-refractivity contribution is 0.0983. The summed E-state index contributed by atoms with van der Waals surface area (Å²) in [6.45, 7) is 5.40. The molecular formula is C15H20N4O2. The third-order valence-corrected chi connectivity index (χ3v) is 3.28. The van der Waals surface area contributed by atoms with Gasteiger partial charge in [-0.3, -0.25) is 4.79 Å². The fraction of sp³-hybridized carbons (Fsp3) is 0.333. The molecule has 0 aliphatic carbocycles. The molecule has 6 heteroatoms. The fourth-order valence-corrected chi connectivity index (χ4v) is 2.19. The summed E-state index contributed by atoms with van der Waals surface area (Å²) in [6, 6.07) is 4.98. The van der Waals surface area contributed by atoms with Crippen LogP contribution >= 0.6 is 0 Å². The van der Waals surface area contributed by atoms with Gasteiger partial charge >= 0.3 is 0 Å². The van der Waals surface area contributed by atoms with E-state index in [-0.39, 0.29) is 11.7 Å². The number of imidazole rings is 1. The number of phenolic OH excluding ortho intramolecular Hbond substituents is 1. The minimum Gasteiger partial charge on any atom is -0.508 e. The molecule has 6 nitrogen and oxygen atoms in total. The number of nitrogens with zero attached hydrogens (tertiary/aromatic N) is 3. The zero-order valence-electron chi connectivity index (χ0n) is 12.3. The van der Waals surface area contributed by atoms with E-state index in [1.165, 1.54) is 0 Å². The van der Waals surface area contributed by atoms with E-state index in [4.69, 9.17) is 5.73 Å². The molecular weight excluding hydrogens is 268 g/mol. The molecule has 0 aliphatic heterocycles. The number of aryl methyl sites for hydroxylation is 1. The van der Waals surface area contributed by atoms with Gasteiger partial charge in [0.15, 0.2) is 0 Å². The predicted molar refractivity (Wildman–Crippen MR) is 81.5 cm³/mol. The second-order valence-electron chi connectivity index (χ2n) is 4.81. The Balaban J connectivity index is 2.31. The van der Waals surface area contributed by atoms with Crippen LogP contribution in [0.2, 0.25) is 0 Å². The van der Waals surface area contributed by atoms with E-state index < -0.39 is 0 Å². The minimum atomic E-state index is -0.193. The number of benzene rings is 1. The molecule has 0 aliphatic rings. The highest BCUT2D eigenvalue weighted by molar-refractivity contribution is 6.05. The summed E-state index contributed by atoms with van der Waals surface area (Å²) in [5, 5.41) is 9.64. The maximum atomic E-state index is 12.6. The second kappa shape index (κ2) is 6.41. The average molecular weight is 288 g/mol. The fourth-order valence-electron chi connectivity index (χ4n) is 2.19. The average Bonchev–Trinajstić information content (AvgIpc) is 2.92. The highest BCUT2D eigenvalue weighted by Gasteiger charge is 2.20. The number of nitrogens with two attached hydrogens (primary N) is 1. The first-order valence-electron chi connectivity index (χ1n) is 6.90. The molecule has 0 saturated heterocycles. The number of hydrogen-bond acceptors (Lipinski definition) is 4. The number of carbonyl (C=O) groups is 1. The normalized spacial score (nSPS) is 10.6. The highest BCUT2D eigenvalue weighted by atomic mass is 16.3. The van der Waals surface area contributed by atoms with Gasteiger partial charge in [0, 0.05) is 31.9 Å². The van der Waals surface area contributed by atoms with Crippen molar-refractivity contribution in [2.24, 2.45) is 5.73 Å². The number of hydrogen-bond donors (Lipinski definition) is 2. The number of phenols is 1. The first-order valence-corrected chi connectivity index (χ1v) is 6.90. The standard InChI is InChI=1S/C15H20N4O2/c1-3-19(14-8-12(20)5-4-11(14)2)15(21)13-9-18(7-6-16)10-17-13/h4-5,8-10,20H,3,6-7,16H2,1-2H3. The van der Waals surface area contributed by atoms with Crippen LogP contribution in [0.3, 0.4) is 0 Å². The topological polar surface area (TPSA) is 84.4 Å². The quantitative estimate of drug-likeness (QED) is 0.873. The minimum absolute atomic E-state index is 0.135. The van der Waals surface area contributed by atoms with Crippen molar-refractivity contribution in [3.05, 3.63) is 42.0 Å². The van der Waals surface area contributed by atoms with Crippen molar-refractivity contribution in [1.29, 1.82) is 0 Å². The third-order valence-electron chi connectivity index (χ3n) is 3.28. The SMILES string of the molecule is CCN(C(=O)c1cn(CCN)cn1)c1cc(O)ccc1C. The van der Waals surface area contributed by atoms with Gasteiger partial charge in [-0.2, -0.15) is 0 Å². The molecule has 0 saturated carbocycles. The van der Waals surface area contributed by atoms with Crippen molar-refractivity contribution in [3.63, 3.8) is 0 Å². The molecule has 1 aromatic carbocycles. The molecule has 0 fully saturated rings. The molecule has 0 radical (unpaired) electrons. The van der Waals surface area contributed by atoms with Crippen LogP contribution < -0.4 is 10.6 Å². The Morgan fingerprint density at radius 2 is 2.24 bits per heavy atom. The Kier molecular flexibility index (Phi) is 4.59. The number of rotatable bonds is 5. The molecule has 0 spiro atoms. The summed E-state index contributed by atoms with van der Waals surface area (Å²) in [4.78, 5) is 18.3. The van der Waals surface area contributed by atoms with Gasteiger partial charge in [-0.25, -0.2) is 4.98 Å². The summed E-state index contributed by atoms with van der Waals surface area (Å²) in [5.41, 5.74) is 7.47. The molecule has 2 rings (SSSR count). The zero-order chi connectivity index (χ0) is 15.4. The lowest BCUT2D eigenvalue weighted by atomic mass is 10.1. The first kappa shape index (κ1) is 15.1. The monoisotopic (exact) mass is 288 g/mol. The van der Waals surface area contributed by atoms with Crippen LogP contribution in [-0.2, 0) is 6.54 Å². The van der Waals surface area contributed by atoms with Crippen LogP contribution in [0, 0.1) is 6.92 Å². The van der Waals surface area contributed by atoms with Crippen molar-refractivity contribution >= 4 is 11.6 Å². The van der Waals surface area contributed by atoms with E-state index >= 15 is 0 Å². The molecule has 2 aromatic rings. The van der Waals surface area contributed by atoms with E-state index in [2.05, 4.69) is 4.98 Å². The van der Waals surface area contributed by atoms with Gasteiger partial charge in [0.1, 0.15) is 11.4 Å². The van der Waals surface area contributed by atoms with Gasteiger partial charge in [-0.15, -0.1) is 0 Å². The summed E-state index contributed by atoms with van der Waals surface area (Å²) in [6.07, 6.45) is 3.29. The molecule has 1 aromatic heterocycles. The van der Waals surface area contributed by atoms with Gasteiger partial charge in [-0.05, 0) is 25.5 Å². The van der Waals surface area contributed by atoms with Gasteiger partial charge in [0.25, 0.3) is 5.91 Å². The Bertz CT molecular complexity index is 636. The molecule has 1 heterocycles. The van der Waals surface area contributed by atoms with Gasteiger partial charge in [0.05, 0.1) is 12.0 Å². The number of anilines is 1. The van der Waals surface area contributed by atoms with Crippen LogP contribution in [0.4, 0.5) is 5.69 Å². The molecule has 0 atom stereocenters. The number of amides is 1. The van der Waals surface area contributed by atoms with Crippen LogP contribution in [0.5, 0.6) is 5.75 Å². The Morgan fingerprint density at radius 1 is 1.48 bits per heavy atom. The number of aromatic nitrogens is 2. The summed E-state index contributed by atoms with van der Waals surface area (Å²) in [5.74, 6) is -0.0579. The molecule has 112 valence electrons. The van der Waals surface area contributed by atoms with E-state index in [1.54, 1.807) is 40.2 Å². The molecule has 0 bridgehead atoms. The lowest BCUT2D eigenvalue weighted by Gasteiger charge is -2.22. The van der Waals surface area contributed by atoms with Crippen molar-refractivity contribution in [1.82, 2.24) is 9.55 Å². The van der Waals surface area contributed by atoms with Gasteiger partial charge in [0.2, 0.25) is 0 Å². The van der Waals surface area contributed by atoms with Crippen LogP contribution in [-0.4, -0.2) is 33.7 Å². The molecule has 3 N–H and O–H groups in total. The smallest absolute Gasteiger partial charge is 0.278 e. The van der Waals surface area contributed by atoms with Crippen molar-refractivity contribution in [2.45, 2.75) is 20.4 Å². The van der Waals surface area contributed by atoms with Crippen LogP contribution in [0.1, 0.15) is 23.0 Å². The molecule has 0 unspecified atom stereocenters. The largest absolute Gasteiger partial charge is 0.508 e. The van der Waals surface area contributed by atoms with Crippen LogP contribution in [0.25, 0.3) is 0 Å². The Labute approximate surface area is 123 Å². The first-order chi connectivity index (χ1) is 10.1. The third kappa shape index (κ3) is 3.22. The van der Waals surface area contributed by atoms with Crippen molar-refractivity contribution in [2.75, 3.05) is 18.0 Å². The van der Waals surface area contributed by atoms with Crippen molar-refractivity contribution in [3.8, 4) is 5.75 Å². The number of aromatic hydroxyl groups is 1. The highest BCUT2D eigenvalue weighted by Crippen LogP contribution is 2.26. The van der Waals surface area contributed by atoms with Crippen molar-refractivity contribution < 1.29 is 9.90 Å². The van der Waals surface area contributed by atoms with E-state index in [0.717, 1.165) is 5.56 Å². The lowest BCUT2D eigenvalue weighted by Crippen LogP contribution is -2.31. The molecule has 1 amide bonds. The predicted octanol–water partition coefficient (Wildman–Crippen LogP) is 1.52. The Morgan fingerprint density at radius 3 is 2.90 bits per heavy atom. The van der Waals surface area contributed by atoms with Gasteiger partial charge in [-0.1, -0.05) is 6.07 Å². The zero-order valence-corrected chi connectivity index (χ0v) is 12.3.